The van der Waals surface area contributed by atoms with Crippen LogP contribution in [-0.4, -0.2) is 48.0 Å². The molecule has 1 N–H and O–H groups in total. The molecule has 1 saturated heterocycles. The average Bonchev–Trinajstić information content (AvgIpc) is 3.24. The van der Waals surface area contributed by atoms with Gasteiger partial charge in [0.1, 0.15) is 5.82 Å². The van der Waals surface area contributed by atoms with E-state index in [-0.39, 0.29) is 16.7 Å². The number of benzene rings is 1. The molecule has 0 aliphatic carbocycles. The van der Waals surface area contributed by atoms with Crippen LogP contribution in [0.1, 0.15) is 32.1 Å². The van der Waals surface area contributed by atoms with Crippen LogP contribution < -0.4 is 5.32 Å². The van der Waals surface area contributed by atoms with Crippen LogP contribution in [0.15, 0.2) is 47.6 Å². The average molecular weight is 423 g/mol. The molecular formula is C20H27FN4O3S. The van der Waals surface area contributed by atoms with Crippen molar-refractivity contribution in [3.05, 3.63) is 48.5 Å². The Bertz CT molecular complexity index is 885. The number of aromatic nitrogens is 2. The minimum Gasteiger partial charge on any atom is -0.356 e. The van der Waals surface area contributed by atoms with Gasteiger partial charge in [0.15, 0.2) is 0 Å². The Balaban J connectivity index is 1.42. The normalized spacial score (nSPS) is 17.9. The highest BCUT2D eigenvalue weighted by Crippen LogP contribution is 2.26. The van der Waals surface area contributed by atoms with Crippen LogP contribution in [0.5, 0.6) is 0 Å². The second kappa shape index (κ2) is 9.98. The third-order valence-corrected chi connectivity index (χ3v) is 7.04. The third-order valence-electron chi connectivity index (χ3n) is 5.16. The summed E-state index contributed by atoms with van der Waals surface area (Å²) in [5, 5.41) is 7.02. The minimum absolute atomic E-state index is 0.0102. The topological polar surface area (TPSA) is 84.3 Å². The Morgan fingerprint density at radius 1 is 1.28 bits per heavy atom. The summed E-state index contributed by atoms with van der Waals surface area (Å²) in [6, 6.07) is 6.77. The molecule has 2 aromatic rings. The lowest BCUT2D eigenvalue weighted by molar-refractivity contribution is -0.121. The molecule has 0 radical (unpaired) electrons. The number of aryl methyl sites for hydroxylation is 1. The molecule has 1 aliphatic rings. The van der Waals surface area contributed by atoms with Crippen LogP contribution in [-0.2, 0) is 21.4 Å². The van der Waals surface area contributed by atoms with Gasteiger partial charge in [-0.25, -0.2) is 12.8 Å². The maximum absolute atomic E-state index is 13.1. The van der Waals surface area contributed by atoms with Gasteiger partial charge in [-0.1, -0.05) is 0 Å². The number of hydrogen-bond acceptors (Lipinski definition) is 4. The number of rotatable bonds is 9. The highest BCUT2D eigenvalue weighted by molar-refractivity contribution is 7.89. The second-order valence-corrected chi connectivity index (χ2v) is 9.27. The van der Waals surface area contributed by atoms with Gasteiger partial charge in [-0.2, -0.15) is 9.40 Å². The van der Waals surface area contributed by atoms with Crippen LogP contribution in [0, 0.1) is 11.7 Å². The summed E-state index contributed by atoms with van der Waals surface area (Å²) in [6.07, 6.45) is 7.12. The van der Waals surface area contributed by atoms with E-state index in [1.165, 1.54) is 16.4 Å². The van der Waals surface area contributed by atoms with Gasteiger partial charge in [-0.3, -0.25) is 9.48 Å². The van der Waals surface area contributed by atoms with Crippen molar-refractivity contribution in [1.29, 1.82) is 0 Å². The van der Waals surface area contributed by atoms with Crippen molar-refractivity contribution in [2.75, 3.05) is 19.6 Å². The zero-order valence-electron chi connectivity index (χ0n) is 16.3. The van der Waals surface area contributed by atoms with Gasteiger partial charge in [0, 0.05) is 45.0 Å². The summed E-state index contributed by atoms with van der Waals surface area (Å²) in [5.74, 6) is -0.325. The first kappa shape index (κ1) is 21.4. The van der Waals surface area contributed by atoms with Crippen molar-refractivity contribution < 1.29 is 17.6 Å². The molecule has 1 aromatic carbocycles. The van der Waals surface area contributed by atoms with E-state index in [4.69, 9.17) is 0 Å². The van der Waals surface area contributed by atoms with E-state index in [0.29, 0.717) is 32.5 Å². The summed E-state index contributed by atoms with van der Waals surface area (Å²) in [4.78, 5) is 12.2. The van der Waals surface area contributed by atoms with E-state index in [1.54, 1.807) is 6.20 Å². The van der Waals surface area contributed by atoms with Crippen molar-refractivity contribution >= 4 is 15.9 Å². The summed E-state index contributed by atoms with van der Waals surface area (Å²) in [7, 11) is -3.63. The molecule has 158 valence electrons. The standard InChI is InChI=1S/C20H27FN4O3S/c21-18-6-8-19(9-7-18)29(27,28)25-15-1-4-17(16-25)5-10-20(26)22-11-2-13-24-14-3-12-23-24/h3,6-9,12,14,17H,1-2,4-5,10-11,13,15-16H2,(H,22,26). The Hall–Kier alpha value is -2.26. The van der Waals surface area contributed by atoms with Gasteiger partial charge in [0.25, 0.3) is 0 Å². The first-order valence-electron chi connectivity index (χ1n) is 9.95. The predicted molar refractivity (Wildman–Crippen MR) is 107 cm³/mol. The summed E-state index contributed by atoms with van der Waals surface area (Å²) in [5.41, 5.74) is 0. The van der Waals surface area contributed by atoms with Gasteiger partial charge < -0.3 is 5.32 Å². The fraction of sp³-hybridized carbons (Fsp3) is 0.500. The second-order valence-electron chi connectivity index (χ2n) is 7.34. The van der Waals surface area contributed by atoms with Gasteiger partial charge in [0.2, 0.25) is 15.9 Å². The van der Waals surface area contributed by atoms with Crippen LogP contribution in [0.25, 0.3) is 0 Å². The first-order chi connectivity index (χ1) is 13.9. The van der Waals surface area contributed by atoms with Gasteiger partial charge in [-0.15, -0.1) is 0 Å². The fourth-order valence-electron chi connectivity index (χ4n) is 3.56. The molecule has 29 heavy (non-hydrogen) atoms. The number of hydrogen-bond donors (Lipinski definition) is 1. The van der Waals surface area contributed by atoms with E-state index < -0.39 is 15.8 Å². The Kier molecular flexibility index (Phi) is 7.38. The molecule has 0 spiro atoms. The number of nitrogens with one attached hydrogen (secondary N) is 1. The Morgan fingerprint density at radius 2 is 2.07 bits per heavy atom. The number of piperidine rings is 1. The SMILES string of the molecule is O=C(CCC1CCCN(S(=O)(=O)c2ccc(F)cc2)C1)NCCCn1cccn1. The van der Waals surface area contributed by atoms with Crippen LogP contribution in [0.2, 0.25) is 0 Å². The molecule has 0 bridgehead atoms. The maximum Gasteiger partial charge on any atom is 0.243 e. The van der Waals surface area contributed by atoms with Gasteiger partial charge in [0.05, 0.1) is 4.90 Å². The molecule has 1 aliphatic heterocycles. The molecular weight excluding hydrogens is 395 g/mol. The number of nitrogens with zero attached hydrogens (tertiary/aromatic N) is 3. The Labute approximate surface area is 171 Å². The highest BCUT2D eigenvalue weighted by atomic mass is 32.2. The molecule has 3 rings (SSSR count). The molecule has 1 amide bonds. The molecule has 7 nitrogen and oxygen atoms in total. The van der Waals surface area contributed by atoms with Crippen molar-refractivity contribution in [2.24, 2.45) is 5.92 Å². The van der Waals surface area contributed by atoms with E-state index in [9.17, 15) is 17.6 Å². The van der Waals surface area contributed by atoms with E-state index in [2.05, 4.69) is 10.4 Å². The van der Waals surface area contributed by atoms with Crippen molar-refractivity contribution in [1.82, 2.24) is 19.4 Å². The zero-order valence-corrected chi connectivity index (χ0v) is 17.2. The van der Waals surface area contributed by atoms with E-state index >= 15 is 0 Å². The molecule has 2 heterocycles. The summed E-state index contributed by atoms with van der Waals surface area (Å²) >= 11 is 0. The molecule has 0 saturated carbocycles. The smallest absolute Gasteiger partial charge is 0.243 e. The number of halogens is 1. The molecule has 1 fully saturated rings. The third kappa shape index (κ3) is 6.11. The monoisotopic (exact) mass is 422 g/mol. The molecule has 1 atom stereocenters. The number of amides is 1. The van der Waals surface area contributed by atoms with Gasteiger partial charge in [-0.05, 0) is 61.9 Å². The van der Waals surface area contributed by atoms with Crippen molar-refractivity contribution in [3.63, 3.8) is 0 Å². The van der Waals surface area contributed by atoms with Gasteiger partial charge >= 0.3 is 0 Å². The van der Waals surface area contributed by atoms with E-state index in [1.807, 2.05) is 16.9 Å². The fourth-order valence-corrected chi connectivity index (χ4v) is 5.12. The van der Waals surface area contributed by atoms with Crippen LogP contribution >= 0.6 is 0 Å². The number of carbonyl (C=O) groups is 1. The quantitative estimate of drug-likeness (QED) is 0.629. The summed E-state index contributed by atoms with van der Waals surface area (Å²) in [6.45, 7) is 2.20. The number of carbonyl (C=O) groups excluding carboxylic acids is 1. The molecule has 1 unspecified atom stereocenters. The Morgan fingerprint density at radius 3 is 2.79 bits per heavy atom. The van der Waals surface area contributed by atoms with Crippen molar-refractivity contribution in [3.8, 4) is 0 Å². The lowest BCUT2D eigenvalue weighted by Crippen LogP contribution is -2.40. The van der Waals surface area contributed by atoms with E-state index in [0.717, 1.165) is 37.9 Å². The largest absolute Gasteiger partial charge is 0.356 e. The summed E-state index contributed by atoms with van der Waals surface area (Å²) < 4.78 is 41.9. The maximum atomic E-state index is 13.1. The lowest BCUT2D eigenvalue weighted by Gasteiger charge is -2.32. The minimum atomic E-state index is -3.63. The lowest BCUT2D eigenvalue weighted by atomic mass is 9.94. The van der Waals surface area contributed by atoms with Crippen LogP contribution in [0.3, 0.4) is 0 Å². The predicted octanol–water partition coefficient (Wildman–Crippen LogP) is 2.41. The first-order valence-corrected chi connectivity index (χ1v) is 11.4. The molecule has 1 aromatic heterocycles. The number of sulfonamides is 1. The highest BCUT2D eigenvalue weighted by Gasteiger charge is 2.30. The zero-order chi connectivity index (χ0) is 20.7. The molecule has 9 heteroatoms. The van der Waals surface area contributed by atoms with Crippen molar-refractivity contribution in [2.45, 2.75) is 43.5 Å². The van der Waals surface area contributed by atoms with Crippen LogP contribution in [0.4, 0.5) is 4.39 Å².